The highest BCUT2D eigenvalue weighted by molar-refractivity contribution is 9.10. The van der Waals surface area contributed by atoms with Crippen molar-refractivity contribution >= 4 is 37.7 Å². The van der Waals surface area contributed by atoms with E-state index < -0.39 is 10.0 Å². The van der Waals surface area contributed by atoms with Crippen molar-refractivity contribution in [2.75, 3.05) is 37.7 Å². The number of hydrogen-bond donors (Lipinski definition) is 0. The molecule has 4 nitrogen and oxygen atoms in total. The van der Waals surface area contributed by atoms with Crippen molar-refractivity contribution < 1.29 is 8.42 Å². The van der Waals surface area contributed by atoms with Gasteiger partial charge in [-0.1, -0.05) is 15.9 Å². The number of rotatable bonds is 3. The summed E-state index contributed by atoms with van der Waals surface area (Å²) in [4.78, 5) is 2.86. The molecule has 2 heterocycles. The van der Waals surface area contributed by atoms with Crippen LogP contribution >= 0.6 is 27.7 Å². The summed E-state index contributed by atoms with van der Waals surface area (Å²) in [5.41, 5.74) is 0.947. The molecule has 0 amide bonds. The van der Waals surface area contributed by atoms with Crippen LogP contribution in [0.5, 0.6) is 0 Å². The van der Waals surface area contributed by atoms with Crippen LogP contribution in [0.2, 0.25) is 0 Å². The molecule has 0 N–H and O–H groups in total. The normalized spacial score (nSPS) is 24.7. The van der Waals surface area contributed by atoms with Crippen LogP contribution in [0.25, 0.3) is 0 Å². The number of benzene rings is 1. The van der Waals surface area contributed by atoms with Crippen molar-refractivity contribution in [2.45, 2.75) is 24.3 Å². The van der Waals surface area contributed by atoms with E-state index in [1.165, 1.54) is 17.9 Å². The Hall–Kier alpha value is -0.0800. The summed E-state index contributed by atoms with van der Waals surface area (Å²) < 4.78 is 28.1. The first kappa shape index (κ1) is 16.8. The number of halogens is 1. The van der Waals surface area contributed by atoms with Gasteiger partial charge in [0.15, 0.2) is 0 Å². The summed E-state index contributed by atoms with van der Waals surface area (Å²) in [5, 5.41) is 0. The first-order valence-corrected chi connectivity index (χ1v) is 11.0. The van der Waals surface area contributed by atoms with Gasteiger partial charge in [0.05, 0.1) is 4.90 Å². The SMILES string of the molecule is Cc1cc(S(=O)(=O)N2CCN([C@@H]3CCSC3)CC2)ccc1Br. The smallest absolute Gasteiger partial charge is 0.243 e. The maximum absolute atomic E-state index is 12.8. The molecule has 2 aliphatic heterocycles. The highest BCUT2D eigenvalue weighted by atomic mass is 79.9. The standard InChI is InChI=1S/C15H21BrN2O2S2/c1-12-10-14(2-3-15(12)16)22(19,20)18-7-5-17(6-8-18)13-4-9-21-11-13/h2-3,10,13H,4-9,11H2,1H3/t13-/m1/s1. The predicted molar refractivity (Wildman–Crippen MR) is 94.9 cm³/mol. The van der Waals surface area contributed by atoms with E-state index in [9.17, 15) is 8.42 Å². The van der Waals surface area contributed by atoms with E-state index in [1.54, 1.807) is 16.4 Å². The Morgan fingerprint density at radius 3 is 2.55 bits per heavy atom. The van der Waals surface area contributed by atoms with Crippen LogP contribution in [-0.2, 0) is 10.0 Å². The largest absolute Gasteiger partial charge is 0.297 e. The molecule has 0 aliphatic carbocycles. The van der Waals surface area contributed by atoms with E-state index in [1.807, 2.05) is 24.8 Å². The molecule has 0 aromatic heterocycles. The van der Waals surface area contributed by atoms with Crippen molar-refractivity contribution in [1.29, 1.82) is 0 Å². The Bertz CT molecular complexity index is 637. The summed E-state index contributed by atoms with van der Waals surface area (Å²) in [6, 6.07) is 5.89. The minimum absolute atomic E-state index is 0.401. The van der Waals surface area contributed by atoms with Crippen molar-refractivity contribution in [2.24, 2.45) is 0 Å². The third kappa shape index (κ3) is 3.38. The zero-order chi connectivity index (χ0) is 15.7. The van der Waals surface area contributed by atoms with Crippen LogP contribution in [-0.4, -0.2) is 61.3 Å². The fourth-order valence-corrected chi connectivity index (χ4v) is 6.06. The lowest BCUT2D eigenvalue weighted by molar-refractivity contribution is 0.148. The number of hydrogen-bond acceptors (Lipinski definition) is 4. The minimum atomic E-state index is -3.37. The van der Waals surface area contributed by atoms with Crippen LogP contribution in [0, 0.1) is 6.92 Å². The Morgan fingerprint density at radius 1 is 1.23 bits per heavy atom. The molecule has 2 aliphatic rings. The van der Waals surface area contributed by atoms with E-state index in [2.05, 4.69) is 20.8 Å². The topological polar surface area (TPSA) is 40.6 Å². The molecule has 1 atom stereocenters. The van der Waals surface area contributed by atoms with Gasteiger partial charge in [-0.15, -0.1) is 0 Å². The molecule has 1 aromatic rings. The lowest BCUT2D eigenvalue weighted by atomic mass is 10.2. The zero-order valence-electron chi connectivity index (χ0n) is 12.7. The summed E-state index contributed by atoms with van der Waals surface area (Å²) in [7, 11) is -3.37. The van der Waals surface area contributed by atoms with Crippen LogP contribution in [0.1, 0.15) is 12.0 Å². The highest BCUT2D eigenvalue weighted by Gasteiger charge is 2.32. The lowest BCUT2D eigenvalue weighted by Gasteiger charge is -2.37. The number of nitrogens with zero attached hydrogens (tertiary/aromatic N) is 2. The van der Waals surface area contributed by atoms with E-state index >= 15 is 0 Å². The second-order valence-electron chi connectivity index (χ2n) is 5.87. The molecule has 2 saturated heterocycles. The van der Waals surface area contributed by atoms with Crippen molar-refractivity contribution in [3.8, 4) is 0 Å². The Labute approximate surface area is 145 Å². The highest BCUT2D eigenvalue weighted by Crippen LogP contribution is 2.26. The quantitative estimate of drug-likeness (QED) is 0.775. The monoisotopic (exact) mass is 404 g/mol. The maximum Gasteiger partial charge on any atom is 0.243 e. The van der Waals surface area contributed by atoms with Gasteiger partial charge < -0.3 is 0 Å². The first-order valence-electron chi connectivity index (χ1n) is 7.56. The summed E-state index contributed by atoms with van der Waals surface area (Å²) >= 11 is 5.42. The third-order valence-electron chi connectivity index (χ3n) is 4.46. The van der Waals surface area contributed by atoms with Crippen LogP contribution in [0.15, 0.2) is 27.6 Å². The molecule has 22 heavy (non-hydrogen) atoms. The summed E-state index contributed by atoms with van der Waals surface area (Å²) in [5.74, 6) is 2.43. The molecule has 0 spiro atoms. The Kier molecular flexibility index (Phi) is 5.19. The van der Waals surface area contributed by atoms with Gasteiger partial charge in [0.1, 0.15) is 0 Å². The molecular weight excluding hydrogens is 384 g/mol. The number of piperazine rings is 1. The number of aryl methyl sites for hydroxylation is 1. The van der Waals surface area contributed by atoms with Gasteiger partial charge in [-0.05, 0) is 42.9 Å². The molecule has 122 valence electrons. The summed E-state index contributed by atoms with van der Waals surface area (Å²) in [6.07, 6.45) is 1.24. The van der Waals surface area contributed by atoms with Gasteiger partial charge in [0.2, 0.25) is 10.0 Å². The summed E-state index contributed by atoms with van der Waals surface area (Å²) in [6.45, 7) is 4.80. The van der Waals surface area contributed by atoms with Crippen molar-refractivity contribution in [1.82, 2.24) is 9.21 Å². The average molecular weight is 405 g/mol. The van der Waals surface area contributed by atoms with Crippen molar-refractivity contribution in [3.63, 3.8) is 0 Å². The molecule has 3 rings (SSSR count). The number of thioether (sulfide) groups is 1. The molecule has 0 radical (unpaired) electrons. The molecule has 0 bridgehead atoms. The van der Waals surface area contributed by atoms with Gasteiger partial charge in [0, 0.05) is 42.4 Å². The minimum Gasteiger partial charge on any atom is -0.297 e. The fourth-order valence-electron chi connectivity index (χ4n) is 3.05. The van der Waals surface area contributed by atoms with Gasteiger partial charge in [-0.2, -0.15) is 16.1 Å². The van der Waals surface area contributed by atoms with E-state index in [-0.39, 0.29) is 0 Å². The van der Waals surface area contributed by atoms with Crippen molar-refractivity contribution in [3.05, 3.63) is 28.2 Å². The average Bonchev–Trinajstić information content (AvgIpc) is 3.04. The fraction of sp³-hybridized carbons (Fsp3) is 0.600. The van der Waals surface area contributed by atoms with Gasteiger partial charge in [-0.25, -0.2) is 8.42 Å². The molecule has 0 saturated carbocycles. The third-order valence-corrected chi connectivity index (χ3v) is 8.39. The lowest BCUT2D eigenvalue weighted by Crippen LogP contribution is -2.51. The Balaban J connectivity index is 1.70. The predicted octanol–water partition coefficient (Wildman–Crippen LogP) is 2.57. The van der Waals surface area contributed by atoms with Crippen LogP contribution in [0.4, 0.5) is 0 Å². The number of sulfonamides is 1. The maximum atomic E-state index is 12.8. The van der Waals surface area contributed by atoms with Gasteiger partial charge in [0.25, 0.3) is 0 Å². The van der Waals surface area contributed by atoms with E-state index in [4.69, 9.17) is 0 Å². The molecule has 0 unspecified atom stereocenters. The van der Waals surface area contributed by atoms with Gasteiger partial charge >= 0.3 is 0 Å². The van der Waals surface area contributed by atoms with E-state index in [0.717, 1.165) is 23.1 Å². The molecule has 1 aromatic carbocycles. The zero-order valence-corrected chi connectivity index (χ0v) is 15.9. The molecular formula is C15H21BrN2O2S2. The second kappa shape index (κ2) is 6.81. The van der Waals surface area contributed by atoms with Gasteiger partial charge in [-0.3, -0.25) is 4.90 Å². The molecule has 7 heteroatoms. The second-order valence-corrected chi connectivity index (χ2v) is 9.81. The van der Waals surface area contributed by atoms with E-state index in [0.29, 0.717) is 24.0 Å². The Morgan fingerprint density at radius 2 is 1.95 bits per heavy atom. The molecule has 2 fully saturated rings. The van der Waals surface area contributed by atoms with Crippen LogP contribution < -0.4 is 0 Å². The first-order chi connectivity index (χ1) is 10.5. The van der Waals surface area contributed by atoms with Crippen LogP contribution in [0.3, 0.4) is 0 Å².